The maximum absolute atomic E-state index is 10.1. The van der Waals surface area contributed by atoms with Gasteiger partial charge in [-0.25, -0.2) is 19.9 Å². The van der Waals surface area contributed by atoms with Crippen LogP contribution in [0.15, 0.2) is 73.3 Å². The molecule has 11 N–H and O–H groups in total. The number of nitrogens with zero attached hydrogens (tertiary/aromatic N) is 4. The van der Waals surface area contributed by atoms with Crippen molar-refractivity contribution in [2.24, 2.45) is 0 Å². The molecule has 12 heteroatoms. The third kappa shape index (κ3) is 11.5. The zero-order valence-corrected chi connectivity index (χ0v) is 22.1. The van der Waals surface area contributed by atoms with E-state index in [0.29, 0.717) is 46.0 Å². The van der Waals surface area contributed by atoms with Crippen LogP contribution in [0.4, 0.5) is 23.3 Å². The van der Waals surface area contributed by atoms with Crippen LogP contribution in [0.3, 0.4) is 0 Å². The molecule has 0 radical (unpaired) electrons. The van der Waals surface area contributed by atoms with Gasteiger partial charge < -0.3 is 38.3 Å². The lowest BCUT2D eigenvalue weighted by atomic mass is 10.2. The number of aliphatic hydroxyl groups excluding tert-OH is 3. The summed E-state index contributed by atoms with van der Waals surface area (Å²) < 4.78 is 0. The molecule has 4 aromatic heterocycles. The fourth-order valence-electron chi connectivity index (χ4n) is 2.88. The van der Waals surface area contributed by atoms with Crippen LogP contribution in [0.1, 0.15) is 66.1 Å². The van der Waals surface area contributed by atoms with E-state index in [1.165, 1.54) is 0 Å². The summed E-state index contributed by atoms with van der Waals surface area (Å²) in [4.78, 5) is 25.3. The van der Waals surface area contributed by atoms with Gasteiger partial charge in [-0.1, -0.05) is 18.2 Å². The summed E-state index contributed by atoms with van der Waals surface area (Å²) in [6.07, 6.45) is 5.42. The van der Waals surface area contributed by atoms with Gasteiger partial charge in [0.15, 0.2) is 6.29 Å². The summed E-state index contributed by atoms with van der Waals surface area (Å²) in [6, 6.07) is 13.8. The van der Waals surface area contributed by atoms with E-state index in [1.807, 2.05) is 0 Å². The van der Waals surface area contributed by atoms with Crippen LogP contribution in [0, 0.1) is 0 Å². The first-order valence-corrected chi connectivity index (χ1v) is 11.8. The first kappa shape index (κ1) is 32.4. The van der Waals surface area contributed by atoms with Crippen molar-refractivity contribution >= 4 is 29.6 Å². The zero-order chi connectivity index (χ0) is 29.4. The van der Waals surface area contributed by atoms with Gasteiger partial charge in [-0.15, -0.1) is 0 Å². The number of aliphatic hydroxyl groups is 3. The normalized spacial score (nSPS) is 12.1. The highest BCUT2D eigenvalue weighted by Gasteiger charge is 2.05. The molecule has 12 nitrogen and oxygen atoms in total. The van der Waals surface area contributed by atoms with Gasteiger partial charge in [-0.3, -0.25) is 4.79 Å². The minimum absolute atomic E-state index is 0.285. The summed E-state index contributed by atoms with van der Waals surface area (Å²) in [5.74, 6) is 1.49. The number of pyridine rings is 4. The monoisotopic (exact) mass is 536 g/mol. The van der Waals surface area contributed by atoms with Crippen molar-refractivity contribution in [3.8, 4) is 0 Å². The first-order chi connectivity index (χ1) is 18.5. The topological polar surface area (TPSA) is 233 Å². The maximum atomic E-state index is 10.1. The predicted octanol–water partition coefficient (Wildman–Crippen LogP) is 2.63. The lowest BCUT2D eigenvalue weighted by Crippen LogP contribution is -1.99. The van der Waals surface area contributed by atoms with Crippen LogP contribution in [0.25, 0.3) is 0 Å². The van der Waals surface area contributed by atoms with E-state index in [1.54, 1.807) is 94.1 Å². The van der Waals surface area contributed by atoms with Crippen molar-refractivity contribution in [1.29, 1.82) is 0 Å². The number of nitrogens with two attached hydrogens (primary N) is 4. The Balaban J connectivity index is 0.000000260. The average Bonchev–Trinajstić information content (AvgIpc) is 2.90. The number of hydrogen-bond acceptors (Lipinski definition) is 12. The van der Waals surface area contributed by atoms with E-state index in [4.69, 9.17) is 38.3 Å². The molecular formula is C27H36N8O4. The molecule has 0 aliphatic carbocycles. The Morgan fingerprint density at radius 1 is 0.564 bits per heavy atom. The SMILES string of the molecule is CC(O)c1cccnc1N.CC(O)c1cccnc1N.CC(O)c1cccnc1N.Nc1ncccc1C=O. The quantitative estimate of drug-likeness (QED) is 0.186. The second kappa shape index (κ2) is 17.0. The van der Waals surface area contributed by atoms with E-state index in [2.05, 4.69) is 19.9 Å². The minimum Gasteiger partial charge on any atom is -0.389 e. The largest absolute Gasteiger partial charge is 0.389 e. The molecule has 0 amide bonds. The molecule has 3 atom stereocenters. The van der Waals surface area contributed by atoms with Crippen molar-refractivity contribution in [3.05, 3.63) is 95.6 Å². The number of rotatable bonds is 4. The van der Waals surface area contributed by atoms with Gasteiger partial charge in [0.2, 0.25) is 0 Å². The number of carbonyl (C=O) groups is 1. The summed E-state index contributed by atoms with van der Waals surface area (Å²) in [5, 5.41) is 27.3. The predicted molar refractivity (Wildman–Crippen MR) is 152 cm³/mol. The van der Waals surface area contributed by atoms with Crippen molar-refractivity contribution in [3.63, 3.8) is 0 Å². The highest BCUT2D eigenvalue weighted by molar-refractivity contribution is 5.81. The number of nitrogen functional groups attached to an aromatic ring is 4. The van der Waals surface area contributed by atoms with E-state index < -0.39 is 18.3 Å². The summed E-state index contributed by atoms with van der Waals surface area (Å²) >= 11 is 0. The van der Waals surface area contributed by atoms with Gasteiger partial charge in [-0.05, 0) is 51.1 Å². The Bertz CT molecular complexity index is 1170. The summed E-state index contributed by atoms with van der Waals surface area (Å²) in [6.45, 7) is 4.98. The number of aldehydes is 1. The maximum Gasteiger partial charge on any atom is 0.153 e. The van der Waals surface area contributed by atoms with E-state index in [0.717, 1.165) is 0 Å². The van der Waals surface area contributed by atoms with Gasteiger partial charge in [0.1, 0.15) is 23.3 Å². The molecule has 39 heavy (non-hydrogen) atoms. The van der Waals surface area contributed by atoms with Gasteiger partial charge in [0, 0.05) is 41.5 Å². The summed E-state index contributed by atoms with van der Waals surface area (Å²) in [7, 11) is 0. The van der Waals surface area contributed by atoms with Gasteiger partial charge in [0.25, 0.3) is 0 Å². The van der Waals surface area contributed by atoms with Crippen LogP contribution in [-0.4, -0.2) is 41.5 Å². The van der Waals surface area contributed by atoms with Crippen LogP contribution in [0.5, 0.6) is 0 Å². The fraction of sp³-hybridized carbons (Fsp3) is 0.222. The van der Waals surface area contributed by atoms with Crippen LogP contribution < -0.4 is 22.9 Å². The van der Waals surface area contributed by atoms with Gasteiger partial charge in [-0.2, -0.15) is 0 Å². The molecule has 4 rings (SSSR count). The minimum atomic E-state index is -0.534. The van der Waals surface area contributed by atoms with Crippen LogP contribution in [0.2, 0.25) is 0 Å². The fourth-order valence-corrected chi connectivity index (χ4v) is 2.88. The van der Waals surface area contributed by atoms with Crippen LogP contribution >= 0.6 is 0 Å². The Morgan fingerprint density at radius 2 is 0.846 bits per heavy atom. The Hall–Kier alpha value is -4.65. The van der Waals surface area contributed by atoms with Gasteiger partial charge in [0.05, 0.1) is 23.9 Å². The van der Waals surface area contributed by atoms with E-state index in [-0.39, 0.29) is 5.82 Å². The highest BCUT2D eigenvalue weighted by atomic mass is 16.3. The standard InChI is InChI=1S/3C7H10N2O.C6H6N2O/c3*1-5(10)6-3-2-4-9-7(6)8;7-6-5(4-9)2-1-3-8-6/h3*2-5,10H,1H3,(H2,8,9);1-4H,(H2,7,8). The average molecular weight is 537 g/mol. The molecule has 4 aromatic rings. The molecule has 0 aromatic carbocycles. The number of anilines is 4. The molecule has 3 unspecified atom stereocenters. The molecule has 4 heterocycles. The van der Waals surface area contributed by atoms with Crippen LogP contribution in [-0.2, 0) is 0 Å². The molecule has 208 valence electrons. The molecule has 0 saturated heterocycles. The number of hydrogen-bond donors (Lipinski definition) is 7. The molecule has 0 saturated carbocycles. The Kier molecular flexibility index (Phi) is 14.1. The lowest BCUT2D eigenvalue weighted by molar-refractivity contribution is 0.112. The molecule has 0 aliphatic heterocycles. The second-order valence-corrected chi connectivity index (χ2v) is 8.06. The lowest BCUT2D eigenvalue weighted by Gasteiger charge is -2.05. The van der Waals surface area contributed by atoms with Gasteiger partial charge >= 0.3 is 0 Å². The van der Waals surface area contributed by atoms with Crippen molar-refractivity contribution in [1.82, 2.24) is 19.9 Å². The third-order valence-corrected chi connectivity index (χ3v) is 4.96. The van der Waals surface area contributed by atoms with Crippen molar-refractivity contribution in [2.45, 2.75) is 39.1 Å². The second-order valence-electron chi connectivity index (χ2n) is 8.06. The first-order valence-electron chi connectivity index (χ1n) is 11.8. The molecule has 0 spiro atoms. The summed E-state index contributed by atoms with van der Waals surface area (Å²) in [5.41, 5.74) is 24.1. The molecular weight excluding hydrogens is 500 g/mol. The molecule has 0 bridgehead atoms. The van der Waals surface area contributed by atoms with Crippen molar-refractivity contribution in [2.75, 3.05) is 22.9 Å². The van der Waals surface area contributed by atoms with E-state index in [9.17, 15) is 4.79 Å². The number of carbonyl (C=O) groups excluding carboxylic acids is 1. The van der Waals surface area contributed by atoms with E-state index >= 15 is 0 Å². The Morgan fingerprint density at radius 3 is 1.03 bits per heavy atom. The Labute approximate surface area is 227 Å². The molecule has 0 aliphatic rings. The highest BCUT2D eigenvalue weighted by Crippen LogP contribution is 2.17. The smallest absolute Gasteiger partial charge is 0.153 e. The zero-order valence-electron chi connectivity index (χ0n) is 22.1. The molecule has 0 fully saturated rings. The third-order valence-electron chi connectivity index (χ3n) is 4.96. The number of aromatic nitrogens is 4. The van der Waals surface area contributed by atoms with Crippen molar-refractivity contribution < 1.29 is 20.1 Å².